The Hall–Kier alpha value is 0.1000. The van der Waals surface area contributed by atoms with E-state index in [2.05, 4.69) is 59.9 Å². The molecule has 0 atom stereocenters. The number of hydrogen-bond acceptors (Lipinski definition) is 0. The van der Waals surface area contributed by atoms with Crippen LogP contribution in [0.3, 0.4) is 0 Å². The Morgan fingerprint density at radius 1 is 1.05 bits per heavy atom. The third-order valence-corrected chi connectivity index (χ3v) is 6.52. The molecule has 0 spiro atoms. The highest BCUT2D eigenvalue weighted by Gasteiger charge is 2.32. The van der Waals surface area contributed by atoms with Crippen LogP contribution in [-0.2, 0) is 11.8 Å². The molecule has 0 nitrogen and oxygen atoms in total. The maximum atomic E-state index is 14.1. The molecule has 2 rings (SSSR count). The Labute approximate surface area is 154 Å². The van der Waals surface area contributed by atoms with Gasteiger partial charge >= 0.3 is 0 Å². The molecule has 0 bridgehead atoms. The molecule has 2 aromatic rings. The maximum absolute atomic E-state index is 14.1. The van der Waals surface area contributed by atoms with Gasteiger partial charge in [-0.15, -0.1) is 0 Å². The molecule has 21 heavy (non-hydrogen) atoms. The highest BCUT2D eigenvalue weighted by Crippen LogP contribution is 2.36. The van der Waals surface area contributed by atoms with Crippen molar-refractivity contribution < 1.29 is 4.39 Å². The maximum Gasteiger partial charge on any atom is 0.127 e. The van der Waals surface area contributed by atoms with Crippen molar-refractivity contribution in [2.75, 3.05) is 10.7 Å². The van der Waals surface area contributed by atoms with Crippen LogP contribution in [0.4, 0.5) is 4.39 Å². The topological polar surface area (TPSA) is 0 Å². The normalized spacial score (nSPS) is 11.7. The summed E-state index contributed by atoms with van der Waals surface area (Å²) >= 11 is 16.9. The lowest BCUT2D eigenvalue weighted by atomic mass is 9.79. The van der Waals surface area contributed by atoms with Gasteiger partial charge in [-0.3, -0.25) is 0 Å². The van der Waals surface area contributed by atoms with Crippen LogP contribution in [0.15, 0.2) is 46.9 Å². The summed E-state index contributed by atoms with van der Waals surface area (Å²) in [5.74, 6) is -0.260. The van der Waals surface area contributed by atoms with E-state index in [1.807, 2.05) is 12.1 Å². The molecule has 0 N–H and O–H groups in total. The van der Waals surface area contributed by atoms with E-state index < -0.39 is 0 Å². The van der Waals surface area contributed by atoms with Crippen molar-refractivity contribution in [2.24, 2.45) is 0 Å². The zero-order valence-corrected chi connectivity index (χ0v) is 16.6. The molecule has 2 aromatic carbocycles. The molecule has 0 aliphatic carbocycles. The van der Waals surface area contributed by atoms with Gasteiger partial charge in [0.15, 0.2) is 0 Å². The predicted octanol–water partition coefficient (Wildman–Crippen LogP) is 6.51. The van der Waals surface area contributed by atoms with E-state index in [1.165, 1.54) is 6.07 Å². The van der Waals surface area contributed by atoms with Crippen molar-refractivity contribution in [3.63, 3.8) is 0 Å². The summed E-state index contributed by atoms with van der Waals surface area (Å²) in [6.07, 6.45) is 0.519. The fourth-order valence-electron chi connectivity index (χ4n) is 2.24. The summed E-state index contributed by atoms with van der Waals surface area (Å²) in [6, 6.07) is 12.9. The van der Waals surface area contributed by atoms with Crippen LogP contribution in [-0.4, -0.2) is 10.7 Å². The highest BCUT2D eigenvalue weighted by molar-refractivity contribution is 9.10. The monoisotopic (exact) mass is 496 g/mol. The SMILES string of the molecule is Fc1cccc(Cl)c1CC(CBr)(CBr)c1cccc(Br)c1. The van der Waals surface area contributed by atoms with Gasteiger partial charge in [0.2, 0.25) is 0 Å². The summed E-state index contributed by atoms with van der Waals surface area (Å²) in [5.41, 5.74) is 1.42. The van der Waals surface area contributed by atoms with Gasteiger partial charge in [0, 0.05) is 31.1 Å². The largest absolute Gasteiger partial charge is 0.207 e. The summed E-state index contributed by atoms with van der Waals surface area (Å²) in [7, 11) is 0. The van der Waals surface area contributed by atoms with E-state index >= 15 is 0 Å². The molecule has 0 aromatic heterocycles. The van der Waals surface area contributed by atoms with Gasteiger partial charge < -0.3 is 0 Å². The van der Waals surface area contributed by atoms with Crippen LogP contribution in [0.1, 0.15) is 11.1 Å². The number of rotatable bonds is 5. The molecule has 5 heteroatoms. The molecule has 0 amide bonds. The first-order chi connectivity index (χ1) is 10.0. The molecule has 0 aliphatic rings. The zero-order valence-electron chi connectivity index (χ0n) is 11.1. The van der Waals surface area contributed by atoms with Gasteiger partial charge in [0.1, 0.15) is 5.82 Å². The zero-order chi connectivity index (χ0) is 15.5. The molecule has 0 saturated carbocycles. The van der Waals surface area contributed by atoms with Gasteiger partial charge in [-0.1, -0.05) is 77.6 Å². The first kappa shape index (κ1) is 17.5. The molecule has 0 aliphatic heterocycles. The average molecular weight is 499 g/mol. The van der Waals surface area contributed by atoms with Gasteiger partial charge in [-0.25, -0.2) is 4.39 Å². The quantitative estimate of drug-likeness (QED) is 0.412. The van der Waals surface area contributed by atoms with Crippen molar-refractivity contribution in [1.29, 1.82) is 0 Å². The van der Waals surface area contributed by atoms with E-state index in [1.54, 1.807) is 12.1 Å². The number of alkyl halides is 2. The standard InChI is InChI=1S/C16H13Br3ClF/c17-9-16(10-18,11-3-1-4-12(19)7-11)8-13-14(20)5-2-6-15(13)21/h1-7H,8-10H2. The van der Waals surface area contributed by atoms with Crippen molar-refractivity contribution in [3.05, 3.63) is 68.9 Å². The van der Waals surface area contributed by atoms with Crippen LogP contribution < -0.4 is 0 Å². The summed E-state index contributed by atoms with van der Waals surface area (Å²) in [5, 5.41) is 1.87. The Morgan fingerprint density at radius 2 is 1.71 bits per heavy atom. The van der Waals surface area contributed by atoms with Gasteiger partial charge in [0.25, 0.3) is 0 Å². The van der Waals surface area contributed by atoms with E-state index in [0.717, 1.165) is 10.0 Å². The van der Waals surface area contributed by atoms with Crippen LogP contribution in [0, 0.1) is 5.82 Å². The molecular formula is C16H13Br3ClF. The van der Waals surface area contributed by atoms with E-state index in [4.69, 9.17) is 11.6 Å². The molecule has 0 saturated heterocycles. The van der Waals surface area contributed by atoms with Gasteiger partial charge in [0.05, 0.1) is 0 Å². The second kappa shape index (κ2) is 7.58. The van der Waals surface area contributed by atoms with E-state index in [0.29, 0.717) is 27.7 Å². The second-order valence-electron chi connectivity index (χ2n) is 4.93. The minimum atomic E-state index is -0.268. The third-order valence-electron chi connectivity index (χ3n) is 3.53. The lowest BCUT2D eigenvalue weighted by Crippen LogP contribution is -2.33. The molecule has 112 valence electrons. The first-order valence-electron chi connectivity index (χ1n) is 6.33. The van der Waals surface area contributed by atoms with Crippen LogP contribution in [0.2, 0.25) is 5.02 Å². The summed E-state index contributed by atoms with van der Waals surface area (Å²) < 4.78 is 15.1. The van der Waals surface area contributed by atoms with Crippen molar-refractivity contribution in [1.82, 2.24) is 0 Å². The van der Waals surface area contributed by atoms with Crippen molar-refractivity contribution in [2.45, 2.75) is 11.8 Å². The Balaban J connectivity index is 2.48. The second-order valence-corrected chi connectivity index (χ2v) is 7.38. The van der Waals surface area contributed by atoms with E-state index in [9.17, 15) is 4.39 Å². The molecule has 0 radical (unpaired) electrons. The Bertz CT molecular complexity index is 606. The summed E-state index contributed by atoms with van der Waals surface area (Å²) in [4.78, 5) is 0. The average Bonchev–Trinajstić information content (AvgIpc) is 2.48. The van der Waals surface area contributed by atoms with E-state index in [-0.39, 0.29) is 11.2 Å². The third kappa shape index (κ3) is 3.90. The number of benzene rings is 2. The highest BCUT2D eigenvalue weighted by atomic mass is 79.9. The van der Waals surface area contributed by atoms with Crippen LogP contribution in [0.5, 0.6) is 0 Å². The molecule has 0 fully saturated rings. The summed E-state index contributed by atoms with van der Waals surface area (Å²) in [6.45, 7) is 0. The van der Waals surface area contributed by atoms with Crippen LogP contribution >= 0.6 is 59.4 Å². The van der Waals surface area contributed by atoms with Gasteiger partial charge in [-0.05, 0) is 36.2 Å². The van der Waals surface area contributed by atoms with Gasteiger partial charge in [-0.2, -0.15) is 0 Å². The first-order valence-corrected chi connectivity index (χ1v) is 9.74. The Kier molecular flexibility index (Phi) is 6.30. The molecule has 0 heterocycles. The smallest absolute Gasteiger partial charge is 0.127 e. The van der Waals surface area contributed by atoms with Crippen molar-refractivity contribution in [3.8, 4) is 0 Å². The fraction of sp³-hybridized carbons (Fsp3) is 0.250. The predicted molar refractivity (Wildman–Crippen MR) is 98.5 cm³/mol. The fourth-order valence-corrected chi connectivity index (χ4v) is 4.85. The lowest BCUT2D eigenvalue weighted by molar-refractivity contribution is 0.523. The lowest BCUT2D eigenvalue weighted by Gasteiger charge is -2.31. The Morgan fingerprint density at radius 3 is 2.29 bits per heavy atom. The minimum absolute atomic E-state index is 0.260. The number of hydrogen-bond donors (Lipinski definition) is 0. The van der Waals surface area contributed by atoms with Crippen LogP contribution in [0.25, 0.3) is 0 Å². The molecule has 0 unspecified atom stereocenters. The molecular weight excluding hydrogens is 486 g/mol. The number of halogens is 5. The van der Waals surface area contributed by atoms with Crippen molar-refractivity contribution >= 4 is 59.4 Å². The minimum Gasteiger partial charge on any atom is -0.207 e.